The Hall–Kier alpha value is -2.38. The number of nitrogens with two attached hydrogens (primary N) is 1. The number of carboxylic acids is 3. The van der Waals surface area contributed by atoms with Crippen molar-refractivity contribution in [3.05, 3.63) is 0 Å². The van der Waals surface area contributed by atoms with Crippen molar-refractivity contribution < 1.29 is 44.4 Å². The lowest BCUT2D eigenvalue weighted by atomic mass is 10.1. The van der Waals surface area contributed by atoms with Crippen LogP contribution >= 0.6 is 11.8 Å². The molecule has 0 fully saturated rings. The quantitative estimate of drug-likeness (QED) is 0.169. The predicted molar refractivity (Wildman–Crippen MR) is 97.6 cm³/mol. The first-order chi connectivity index (χ1) is 12.8. The second kappa shape index (κ2) is 11.5. The zero-order valence-corrected chi connectivity index (χ0v) is 16.2. The first kappa shape index (κ1) is 25.6. The molecule has 0 saturated carbocycles. The molecule has 12 nitrogen and oxygen atoms in total. The van der Waals surface area contributed by atoms with Crippen LogP contribution in [0.1, 0.15) is 26.7 Å². The fourth-order valence-corrected chi connectivity index (χ4v) is 2.91. The molecule has 0 radical (unpaired) electrons. The van der Waals surface area contributed by atoms with E-state index in [1.165, 1.54) is 13.8 Å². The summed E-state index contributed by atoms with van der Waals surface area (Å²) in [6.07, 6.45) is -2.22. The molecule has 0 aliphatic carbocycles. The second-order valence-electron chi connectivity index (χ2n) is 6.37. The highest BCUT2D eigenvalue weighted by Crippen LogP contribution is 2.29. The molecule has 0 aromatic rings. The molecule has 2 amide bonds. The van der Waals surface area contributed by atoms with Gasteiger partial charge in [-0.2, -0.15) is 0 Å². The van der Waals surface area contributed by atoms with Gasteiger partial charge in [0, 0.05) is 16.9 Å². The average Bonchev–Trinajstić information content (AvgIpc) is 2.59. The molecule has 160 valence electrons. The SMILES string of the molecule is CC(C)(SCC(NC(=O)CCC(N)C(=O)O)C(=O)NCC(=O)O)C(O)C(=O)O. The lowest BCUT2D eigenvalue weighted by Crippen LogP contribution is -2.50. The highest BCUT2D eigenvalue weighted by Gasteiger charge is 2.35. The number of amides is 2. The molecule has 28 heavy (non-hydrogen) atoms. The normalized spacial score (nSPS) is 14.4. The highest BCUT2D eigenvalue weighted by molar-refractivity contribution is 8.00. The number of aliphatic hydroxyl groups excluding tert-OH is 1. The fraction of sp³-hybridized carbons (Fsp3) is 0.667. The Kier molecular flexibility index (Phi) is 10.5. The van der Waals surface area contributed by atoms with Crippen molar-refractivity contribution >= 4 is 41.5 Å². The summed E-state index contributed by atoms with van der Waals surface area (Å²) >= 11 is 0.884. The Labute approximate surface area is 164 Å². The van der Waals surface area contributed by atoms with Gasteiger partial charge in [0.2, 0.25) is 11.8 Å². The smallest absolute Gasteiger partial charge is 0.333 e. The van der Waals surface area contributed by atoms with E-state index in [0.717, 1.165) is 11.8 Å². The Morgan fingerprint density at radius 3 is 2.11 bits per heavy atom. The van der Waals surface area contributed by atoms with Crippen LogP contribution in [0.25, 0.3) is 0 Å². The minimum Gasteiger partial charge on any atom is -0.480 e. The molecule has 0 bridgehead atoms. The maximum absolute atomic E-state index is 12.2. The Morgan fingerprint density at radius 1 is 1.07 bits per heavy atom. The molecule has 0 heterocycles. The first-order valence-corrected chi connectivity index (χ1v) is 9.08. The third-order valence-corrected chi connectivity index (χ3v) is 5.05. The van der Waals surface area contributed by atoms with Crippen LogP contribution < -0.4 is 16.4 Å². The van der Waals surface area contributed by atoms with Gasteiger partial charge in [0.25, 0.3) is 0 Å². The van der Waals surface area contributed by atoms with Gasteiger partial charge in [-0.05, 0) is 20.3 Å². The molecule has 8 N–H and O–H groups in total. The van der Waals surface area contributed by atoms with Crippen LogP contribution in [0.4, 0.5) is 0 Å². The third-order valence-electron chi connectivity index (χ3n) is 3.58. The summed E-state index contributed by atoms with van der Waals surface area (Å²) in [6.45, 7) is 2.16. The first-order valence-electron chi connectivity index (χ1n) is 8.10. The zero-order chi connectivity index (χ0) is 22.1. The van der Waals surface area contributed by atoms with Crippen LogP contribution in [0.2, 0.25) is 0 Å². The van der Waals surface area contributed by atoms with E-state index >= 15 is 0 Å². The van der Waals surface area contributed by atoms with Crippen molar-refractivity contribution in [2.45, 2.75) is 49.6 Å². The maximum Gasteiger partial charge on any atom is 0.333 e. The molecule has 3 unspecified atom stereocenters. The number of thioether (sulfide) groups is 1. The molecule has 0 aliphatic heterocycles. The molecular weight excluding hydrogens is 398 g/mol. The average molecular weight is 423 g/mol. The van der Waals surface area contributed by atoms with Gasteiger partial charge in [0.05, 0.1) is 0 Å². The molecule has 0 rings (SSSR count). The molecule has 0 aromatic carbocycles. The van der Waals surface area contributed by atoms with Crippen molar-refractivity contribution in [1.29, 1.82) is 0 Å². The van der Waals surface area contributed by atoms with Crippen LogP contribution in [-0.4, -0.2) is 85.4 Å². The number of aliphatic carboxylic acids is 3. The zero-order valence-electron chi connectivity index (χ0n) is 15.4. The lowest BCUT2D eigenvalue weighted by Gasteiger charge is -2.29. The Balaban J connectivity index is 5.02. The standard InChI is InChI=1S/C15H25N3O9S/c1-15(2,11(22)14(26)27)28-6-8(12(23)17-5-10(20)21)18-9(19)4-3-7(16)13(24)25/h7-8,11,22H,3-6,16H2,1-2H3,(H,17,23)(H,18,19)(H,20,21)(H,24,25)(H,26,27). The van der Waals surface area contributed by atoms with E-state index in [4.69, 9.17) is 21.1 Å². The molecule has 13 heteroatoms. The monoisotopic (exact) mass is 423 g/mol. The lowest BCUT2D eigenvalue weighted by molar-refractivity contribution is -0.148. The Morgan fingerprint density at radius 2 is 1.64 bits per heavy atom. The van der Waals surface area contributed by atoms with Gasteiger partial charge >= 0.3 is 17.9 Å². The molecule has 0 aromatic heterocycles. The van der Waals surface area contributed by atoms with Crippen molar-refractivity contribution in [2.24, 2.45) is 5.73 Å². The van der Waals surface area contributed by atoms with Gasteiger partial charge in [-0.3, -0.25) is 19.2 Å². The van der Waals surface area contributed by atoms with Crippen molar-refractivity contribution in [2.75, 3.05) is 12.3 Å². The molecule has 0 saturated heterocycles. The van der Waals surface area contributed by atoms with Crippen LogP contribution in [-0.2, 0) is 24.0 Å². The van der Waals surface area contributed by atoms with E-state index < -0.39 is 59.2 Å². The summed E-state index contributed by atoms with van der Waals surface area (Å²) in [5, 5.41) is 40.4. The number of carbonyl (C=O) groups is 5. The van der Waals surface area contributed by atoms with E-state index in [1.807, 2.05) is 0 Å². The number of carboxylic acid groups (broad SMARTS) is 3. The van der Waals surface area contributed by atoms with Crippen LogP contribution in [0, 0.1) is 0 Å². The van der Waals surface area contributed by atoms with Gasteiger partial charge in [-0.1, -0.05) is 0 Å². The van der Waals surface area contributed by atoms with Crippen LogP contribution in [0.3, 0.4) is 0 Å². The van der Waals surface area contributed by atoms with Gasteiger partial charge < -0.3 is 36.8 Å². The summed E-state index contributed by atoms with van der Waals surface area (Å²) in [4.78, 5) is 56.3. The van der Waals surface area contributed by atoms with Crippen LogP contribution in [0.15, 0.2) is 0 Å². The minimum atomic E-state index is -1.75. The minimum absolute atomic E-state index is 0.167. The summed E-state index contributed by atoms with van der Waals surface area (Å²) in [5.74, 6) is -5.74. The number of hydrogen-bond donors (Lipinski definition) is 7. The van der Waals surface area contributed by atoms with Gasteiger partial charge in [-0.25, -0.2) is 4.79 Å². The highest BCUT2D eigenvalue weighted by atomic mass is 32.2. The van der Waals surface area contributed by atoms with Crippen molar-refractivity contribution in [1.82, 2.24) is 10.6 Å². The van der Waals surface area contributed by atoms with E-state index in [2.05, 4.69) is 10.6 Å². The van der Waals surface area contributed by atoms with Gasteiger partial charge in [0.15, 0.2) is 6.10 Å². The topological polar surface area (TPSA) is 216 Å². The van der Waals surface area contributed by atoms with Gasteiger partial charge in [-0.15, -0.1) is 11.8 Å². The van der Waals surface area contributed by atoms with Crippen molar-refractivity contribution in [3.63, 3.8) is 0 Å². The number of nitrogens with one attached hydrogen (secondary N) is 2. The predicted octanol–water partition coefficient (Wildman–Crippen LogP) is -2.18. The van der Waals surface area contributed by atoms with E-state index in [1.54, 1.807) is 0 Å². The molecular formula is C15H25N3O9S. The summed E-state index contributed by atoms with van der Waals surface area (Å²) in [5.41, 5.74) is 5.30. The fourth-order valence-electron chi connectivity index (χ4n) is 1.82. The molecule has 3 atom stereocenters. The molecule has 0 spiro atoms. The number of carbonyl (C=O) groups excluding carboxylic acids is 2. The number of hydrogen-bond acceptors (Lipinski definition) is 8. The third kappa shape index (κ3) is 9.53. The van der Waals surface area contributed by atoms with Crippen molar-refractivity contribution in [3.8, 4) is 0 Å². The second-order valence-corrected chi connectivity index (χ2v) is 8.04. The Bertz CT molecular complexity index is 612. The number of aliphatic hydroxyl groups is 1. The summed E-state index contributed by atoms with van der Waals surface area (Å²) in [6, 6.07) is -2.50. The molecule has 0 aliphatic rings. The maximum atomic E-state index is 12.2. The van der Waals surface area contributed by atoms with E-state index in [-0.39, 0.29) is 18.6 Å². The summed E-state index contributed by atoms with van der Waals surface area (Å²) in [7, 11) is 0. The number of rotatable bonds is 13. The van der Waals surface area contributed by atoms with Gasteiger partial charge in [0.1, 0.15) is 18.6 Å². The van der Waals surface area contributed by atoms with E-state index in [0.29, 0.717) is 0 Å². The largest absolute Gasteiger partial charge is 0.480 e. The summed E-state index contributed by atoms with van der Waals surface area (Å²) < 4.78 is -1.21. The van der Waals surface area contributed by atoms with E-state index in [9.17, 15) is 29.1 Å². The van der Waals surface area contributed by atoms with Crippen LogP contribution in [0.5, 0.6) is 0 Å².